The summed E-state index contributed by atoms with van der Waals surface area (Å²) in [6, 6.07) is 1.42. The maximum absolute atomic E-state index is 12.7. The fourth-order valence-corrected chi connectivity index (χ4v) is 2.54. The summed E-state index contributed by atoms with van der Waals surface area (Å²) in [6.07, 6.45) is 4.17. The van der Waals surface area contributed by atoms with E-state index >= 15 is 0 Å². The van der Waals surface area contributed by atoms with E-state index in [1.165, 1.54) is 24.7 Å². The van der Waals surface area contributed by atoms with Crippen LogP contribution in [0.3, 0.4) is 0 Å². The van der Waals surface area contributed by atoms with Gasteiger partial charge >= 0.3 is 5.97 Å². The van der Waals surface area contributed by atoms with Crippen LogP contribution in [-0.4, -0.2) is 25.9 Å². The molecule has 0 atom stereocenters. The summed E-state index contributed by atoms with van der Waals surface area (Å²) in [7, 11) is 0. The predicted molar refractivity (Wildman–Crippen MR) is 98.5 cm³/mol. The van der Waals surface area contributed by atoms with Gasteiger partial charge in [-0.25, -0.2) is 15.0 Å². The van der Waals surface area contributed by atoms with E-state index in [0.29, 0.717) is 0 Å². The summed E-state index contributed by atoms with van der Waals surface area (Å²) in [6.45, 7) is 5.10. The molecule has 0 bridgehead atoms. The first-order valence-corrected chi connectivity index (χ1v) is 8.35. The molecular weight excluding hydrogens is 379 g/mol. The molecule has 0 saturated heterocycles. The van der Waals surface area contributed by atoms with Crippen LogP contribution in [0, 0.1) is 5.41 Å². The zero-order valence-electron chi connectivity index (χ0n) is 14.1. The Morgan fingerprint density at radius 2 is 1.85 bits per heavy atom. The highest BCUT2D eigenvalue weighted by Crippen LogP contribution is 2.37. The summed E-state index contributed by atoms with van der Waals surface area (Å²) in [5, 5.41) is 0.312. The molecule has 0 aliphatic rings. The Morgan fingerprint density at radius 3 is 2.54 bits per heavy atom. The van der Waals surface area contributed by atoms with Crippen molar-refractivity contribution in [2.24, 2.45) is 5.41 Å². The van der Waals surface area contributed by atoms with Crippen molar-refractivity contribution in [3.05, 3.63) is 45.2 Å². The van der Waals surface area contributed by atoms with Crippen molar-refractivity contribution in [3.63, 3.8) is 0 Å². The lowest BCUT2D eigenvalue weighted by molar-refractivity contribution is -0.142. The van der Waals surface area contributed by atoms with E-state index in [9.17, 15) is 9.59 Å². The highest BCUT2D eigenvalue weighted by molar-refractivity contribution is 6.34. The zero-order chi connectivity index (χ0) is 19.1. The van der Waals surface area contributed by atoms with Gasteiger partial charge in [-0.05, 0) is 26.8 Å². The van der Waals surface area contributed by atoms with Crippen molar-refractivity contribution in [2.75, 3.05) is 0 Å². The Hall–Kier alpha value is -2.51. The van der Waals surface area contributed by atoms with Crippen molar-refractivity contribution in [2.45, 2.75) is 20.8 Å². The molecule has 0 spiro atoms. The summed E-state index contributed by atoms with van der Waals surface area (Å²) >= 11 is 12.2. The monoisotopic (exact) mass is 392 g/mol. The molecule has 0 aromatic carbocycles. The van der Waals surface area contributed by atoms with Crippen LogP contribution in [0.15, 0.2) is 29.5 Å². The molecule has 0 radical (unpaired) electrons. The fraction of sp³-hybridized carbons (Fsp3) is 0.235. The average molecular weight is 393 g/mol. The number of hydrogen-bond acceptors (Lipinski definition) is 6. The minimum atomic E-state index is -0.798. The number of hydrogen-bond donors (Lipinski definition) is 1. The number of carbonyl (C=O) groups is 1. The number of halogens is 2. The van der Waals surface area contributed by atoms with Crippen molar-refractivity contribution < 1.29 is 9.53 Å². The van der Waals surface area contributed by atoms with E-state index in [4.69, 9.17) is 27.9 Å². The largest absolute Gasteiger partial charge is 0.423 e. The summed E-state index contributed by atoms with van der Waals surface area (Å²) in [5.74, 6) is -0.562. The van der Waals surface area contributed by atoms with Gasteiger partial charge in [-0.15, -0.1) is 0 Å². The van der Waals surface area contributed by atoms with Gasteiger partial charge < -0.3 is 9.72 Å². The summed E-state index contributed by atoms with van der Waals surface area (Å²) < 4.78 is 5.57. The van der Waals surface area contributed by atoms with Crippen molar-refractivity contribution in [1.29, 1.82) is 0 Å². The summed E-state index contributed by atoms with van der Waals surface area (Å²) in [5.41, 5.74) is -0.618. The van der Waals surface area contributed by atoms with Gasteiger partial charge in [0.1, 0.15) is 10.7 Å². The third-order valence-corrected chi connectivity index (χ3v) is 4.01. The normalized spacial score (nSPS) is 11.6. The van der Waals surface area contributed by atoms with Crippen LogP contribution in [0.4, 0.5) is 0 Å². The molecule has 0 amide bonds. The van der Waals surface area contributed by atoms with Crippen LogP contribution < -0.4 is 10.3 Å². The first kappa shape index (κ1) is 18.3. The van der Waals surface area contributed by atoms with Gasteiger partial charge in [0.05, 0.1) is 16.0 Å². The van der Waals surface area contributed by atoms with Crippen LogP contribution in [0.25, 0.3) is 22.3 Å². The fourth-order valence-electron chi connectivity index (χ4n) is 2.18. The van der Waals surface area contributed by atoms with Gasteiger partial charge in [0.25, 0.3) is 5.56 Å². The Kier molecular flexibility index (Phi) is 4.68. The second-order valence-electron chi connectivity index (χ2n) is 6.54. The number of rotatable bonds is 2. The number of pyridine rings is 2. The molecule has 134 valence electrons. The number of fused-ring (bicyclic) bond motifs is 1. The van der Waals surface area contributed by atoms with Crippen molar-refractivity contribution >= 4 is 40.3 Å². The minimum Gasteiger partial charge on any atom is -0.423 e. The molecule has 3 aromatic heterocycles. The molecule has 9 heteroatoms. The average Bonchev–Trinajstić information content (AvgIpc) is 2.56. The van der Waals surface area contributed by atoms with Gasteiger partial charge in [0.15, 0.2) is 11.4 Å². The van der Waals surface area contributed by atoms with Crippen molar-refractivity contribution in [3.8, 4) is 16.9 Å². The number of nitrogens with zero attached hydrogens (tertiary/aromatic N) is 3. The minimum absolute atomic E-state index is 0.0269. The first-order valence-electron chi connectivity index (χ1n) is 7.59. The Morgan fingerprint density at radius 1 is 1.15 bits per heavy atom. The number of aromatic nitrogens is 4. The zero-order valence-corrected chi connectivity index (χ0v) is 15.6. The first-order chi connectivity index (χ1) is 12.2. The Balaban J connectivity index is 2.36. The van der Waals surface area contributed by atoms with Crippen molar-refractivity contribution in [1.82, 2.24) is 19.9 Å². The van der Waals surface area contributed by atoms with E-state index in [1.807, 2.05) is 0 Å². The third kappa shape index (κ3) is 3.40. The summed E-state index contributed by atoms with van der Waals surface area (Å²) in [4.78, 5) is 39.9. The SMILES string of the molecule is CC(C)(C)C(=O)Oc1c(-c2cc(Cl)ncc2Cl)c(=O)[nH]c2nccnc12. The lowest BCUT2D eigenvalue weighted by Gasteiger charge is -2.18. The standard InChI is InChI=1S/C17H14Cl2N4O3/c1-17(2,3)16(25)26-13-11(8-6-10(19)22-7-9(8)18)15(24)23-14-12(13)20-4-5-21-14/h4-7H,1-3H3,(H,21,23,24). The smallest absolute Gasteiger partial charge is 0.316 e. The Bertz CT molecular complexity index is 1070. The van der Waals surface area contributed by atoms with E-state index in [-0.39, 0.29) is 38.2 Å². The molecule has 0 saturated carbocycles. The van der Waals surface area contributed by atoms with Gasteiger partial charge in [-0.2, -0.15) is 0 Å². The molecule has 7 nitrogen and oxygen atoms in total. The van der Waals surface area contributed by atoms with Crippen LogP contribution in [0.5, 0.6) is 5.75 Å². The molecule has 3 heterocycles. The van der Waals surface area contributed by atoms with Gasteiger partial charge in [-0.1, -0.05) is 23.2 Å². The van der Waals surface area contributed by atoms with E-state index in [1.54, 1.807) is 20.8 Å². The second kappa shape index (κ2) is 6.66. The van der Waals surface area contributed by atoms with Gasteiger partial charge in [0.2, 0.25) is 0 Å². The quantitative estimate of drug-likeness (QED) is 0.527. The highest BCUT2D eigenvalue weighted by Gasteiger charge is 2.28. The number of H-pyrrole nitrogens is 1. The second-order valence-corrected chi connectivity index (χ2v) is 7.33. The number of aromatic amines is 1. The van der Waals surface area contributed by atoms with Crippen LogP contribution >= 0.6 is 23.2 Å². The molecular formula is C17H14Cl2N4O3. The molecule has 0 aliphatic carbocycles. The number of carbonyl (C=O) groups excluding carboxylic acids is 1. The third-order valence-electron chi connectivity index (χ3n) is 3.50. The van der Waals surface area contributed by atoms with Gasteiger partial charge in [0, 0.05) is 24.2 Å². The maximum Gasteiger partial charge on any atom is 0.316 e. The number of ether oxygens (including phenoxy) is 1. The van der Waals surface area contributed by atoms with E-state index in [2.05, 4.69) is 19.9 Å². The van der Waals surface area contributed by atoms with Crippen LogP contribution in [-0.2, 0) is 4.79 Å². The van der Waals surface area contributed by atoms with Gasteiger partial charge in [-0.3, -0.25) is 9.59 Å². The number of nitrogens with one attached hydrogen (secondary N) is 1. The molecule has 3 aromatic rings. The van der Waals surface area contributed by atoms with Crippen LogP contribution in [0.2, 0.25) is 10.2 Å². The lowest BCUT2D eigenvalue weighted by atomic mass is 9.97. The molecule has 0 aliphatic heterocycles. The maximum atomic E-state index is 12.7. The number of esters is 1. The molecule has 0 unspecified atom stereocenters. The highest BCUT2D eigenvalue weighted by atomic mass is 35.5. The molecule has 1 N–H and O–H groups in total. The lowest BCUT2D eigenvalue weighted by Crippen LogP contribution is -2.27. The predicted octanol–water partition coefficient (Wildman–Crippen LogP) is 3.64. The molecule has 3 rings (SSSR count). The topological polar surface area (TPSA) is 97.8 Å². The van der Waals surface area contributed by atoms with E-state index < -0.39 is 16.9 Å². The molecule has 26 heavy (non-hydrogen) atoms. The van der Waals surface area contributed by atoms with E-state index in [0.717, 1.165) is 0 Å². The van der Waals surface area contributed by atoms with Crippen LogP contribution in [0.1, 0.15) is 20.8 Å². The Labute approximate surface area is 158 Å². The molecule has 0 fully saturated rings.